The van der Waals surface area contributed by atoms with Crippen molar-refractivity contribution in [3.8, 4) is 0 Å². The van der Waals surface area contributed by atoms with Crippen LogP contribution in [0.15, 0.2) is 11.7 Å². The summed E-state index contributed by atoms with van der Waals surface area (Å²) in [5, 5.41) is 2.86. The summed E-state index contributed by atoms with van der Waals surface area (Å²) in [5.41, 5.74) is 0.699. The molecule has 1 aromatic rings. The maximum Gasteiger partial charge on any atom is 0.391 e. The van der Waals surface area contributed by atoms with Crippen molar-refractivity contribution in [1.29, 1.82) is 0 Å². The molecule has 0 bridgehead atoms. The van der Waals surface area contributed by atoms with Crippen LogP contribution in [-0.2, 0) is 19.1 Å². The molecule has 1 aromatic heterocycles. The Morgan fingerprint density at radius 2 is 1.62 bits per heavy atom. The van der Waals surface area contributed by atoms with Crippen LogP contribution in [0.4, 0.5) is 22.0 Å². The van der Waals surface area contributed by atoms with Crippen molar-refractivity contribution < 1.29 is 45.9 Å². The van der Waals surface area contributed by atoms with Gasteiger partial charge in [-0.3, -0.25) is 24.2 Å². The van der Waals surface area contributed by atoms with E-state index in [4.69, 9.17) is 4.74 Å². The molecule has 0 radical (unpaired) electrons. The number of thiazole rings is 1. The summed E-state index contributed by atoms with van der Waals surface area (Å²) in [5.74, 6) is -6.65. The van der Waals surface area contributed by atoms with Crippen LogP contribution in [0.25, 0.3) is 0 Å². The third-order valence-corrected chi connectivity index (χ3v) is 12.5. The van der Waals surface area contributed by atoms with E-state index in [-0.39, 0.29) is 113 Å². The van der Waals surface area contributed by atoms with E-state index in [1.807, 2.05) is 13.8 Å². The van der Waals surface area contributed by atoms with Gasteiger partial charge in [0.15, 0.2) is 0 Å². The Bertz CT molecular complexity index is 1430. The number of aromatic nitrogens is 1. The first-order valence-electron chi connectivity index (χ1n) is 17.5. The number of alkyl halides is 5. The summed E-state index contributed by atoms with van der Waals surface area (Å²) in [7, 11) is 0. The molecule has 0 aromatic carbocycles. The molecule has 3 saturated heterocycles. The maximum absolute atomic E-state index is 14.3. The molecule has 5 fully saturated rings. The molecule has 50 heavy (non-hydrogen) atoms. The molecule has 1 spiro atoms. The number of ether oxygens (including phenoxy) is 1. The third-order valence-electron chi connectivity index (χ3n) is 11.8. The van der Waals surface area contributed by atoms with Crippen molar-refractivity contribution >= 4 is 35.0 Å². The summed E-state index contributed by atoms with van der Waals surface area (Å²) in [6, 6.07) is -1.26. The fourth-order valence-corrected chi connectivity index (χ4v) is 8.76. The molecular formula is C34H46F5N5O5S. The number of amides is 4. The van der Waals surface area contributed by atoms with E-state index in [0.717, 1.165) is 6.42 Å². The zero-order valence-electron chi connectivity index (χ0n) is 28.6. The van der Waals surface area contributed by atoms with Crippen LogP contribution < -0.4 is 5.32 Å². The minimum absolute atomic E-state index is 0.0184. The molecule has 4 amide bonds. The molecule has 4 atom stereocenters. The molecule has 10 nitrogen and oxygen atoms in total. The smallest absolute Gasteiger partial charge is 0.376 e. The quantitative estimate of drug-likeness (QED) is 0.372. The second kappa shape index (κ2) is 13.6. The predicted molar refractivity (Wildman–Crippen MR) is 172 cm³/mol. The molecule has 1 N–H and O–H groups in total. The summed E-state index contributed by atoms with van der Waals surface area (Å²) < 4.78 is 73.7. The number of halogens is 5. The van der Waals surface area contributed by atoms with Gasteiger partial charge in [0.1, 0.15) is 10.9 Å². The highest BCUT2D eigenvalue weighted by atomic mass is 32.1. The fourth-order valence-electron chi connectivity index (χ4n) is 8.17. The lowest BCUT2D eigenvalue weighted by Crippen LogP contribution is -2.65. The van der Waals surface area contributed by atoms with Crippen molar-refractivity contribution in [3.05, 3.63) is 16.6 Å². The molecule has 0 unspecified atom stereocenters. The van der Waals surface area contributed by atoms with Gasteiger partial charge in [-0.2, -0.15) is 13.2 Å². The number of likely N-dealkylation sites (tertiary alicyclic amines) is 3. The molecular weight excluding hydrogens is 685 g/mol. The number of hydrogen-bond donors (Lipinski definition) is 1. The average molecular weight is 732 g/mol. The molecule has 2 saturated carbocycles. The van der Waals surface area contributed by atoms with Gasteiger partial charge in [0.25, 0.3) is 5.91 Å². The highest BCUT2D eigenvalue weighted by molar-refractivity contribution is 7.11. The van der Waals surface area contributed by atoms with Crippen LogP contribution in [0.2, 0.25) is 0 Å². The van der Waals surface area contributed by atoms with E-state index in [1.165, 1.54) is 22.4 Å². The van der Waals surface area contributed by atoms with Crippen molar-refractivity contribution in [2.45, 2.75) is 90.0 Å². The van der Waals surface area contributed by atoms with Crippen LogP contribution in [0.1, 0.15) is 75.4 Å². The van der Waals surface area contributed by atoms with Gasteiger partial charge >= 0.3 is 6.18 Å². The highest BCUT2D eigenvalue weighted by Crippen LogP contribution is 2.54. The first-order valence-corrected chi connectivity index (χ1v) is 18.4. The number of carbonyl (C=O) groups excluding carboxylic acids is 4. The number of piperidine rings is 1. The van der Waals surface area contributed by atoms with Gasteiger partial charge in [0.2, 0.25) is 23.6 Å². The first-order chi connectivity index (χ1) is 23.4. The Morgan fingerprint density at radius 3 is 2.18 bits per heavy atom. The van der Waals surface area contributed by atoms with Crippen molar-refractivity contribution in [2.75, 3.05) is 45.9 Å². The van der Waals surface area contributed by atoms with Gasteiger partial charge in [0.05, 0.1) is 29.6 Å². The minimum Gasteiger partial charge on any atom is -0.376 e. The number of carbonyl (C=O) groups is 4. The molecule has 6 rings (SSSR count). The highest BCUT2D eigenvalue weighted by Gasteiger charge is 2.62. The SMILES string of the molecule is C[C@@H](OCC1CCC(F)(F)CC1)[C@H](NC(=O)[C@@H]1CN(C(=O)c2cncs2)CC12CN(C(=O)[C@H]1CC1(C)C)C2)C(=O)N1CCC(C(F)(F)F)CC1. The number of rotatable bonds is 9. The molecule has 16 heteroatoms. The average Bonchev–Trinajstić information content (AvgIpc) is 3.40. The van der Waals surface area contributed by atoms with Crippen LogP contribution in [-0.4, -0.2) is 113 Å². The summed E-state index contributed by atoms with van der Waals surface area (Å²) in [6.07, 6.45) is -3.60. The van der Waals surface area contributed by atoms with Gasteiger partial charge < -0.3 is 24.8 Å². The van der Waals surface area contributed by atoms with Crippen LogP contribution in [0.5, 0.6) is 0 Å². The largest absolute Gasteiger partial charge is 0.391 e. The number of hydrogen-bond acceptors (Lipinski definition) is 7. The Kier molecular flexibility index (Phi) is 10.0. The Balaban J connectivity index is 1.18. The third kappa shape index (κ3) is 7.65. The molecule has 3 aliphatic heterocycles. The molecule has 2 aliphatic carbocycles. The maximum atomic E-state index is 14.3. The van der Waals surface area contributed by atoms with Gasteiger partial charge in [-0.25, -0.2) is 8.78 Å². The lowest BCUT2D eigenvalue weighted by Gasteiger charge is -2.50. The molecule has 4 heterocycles. The van der Waals surface area contributed by atoms with E-state index < -0.39 is 53.3 Å². The van der Waals surface area contributed by atoms with E-state index in [1.54, 1.807) is 22.2 Å². The Morgan fingerprint density at radius 1 is 1.00 bits per heavy atom. The lowest BCUT2D eigenvalue weighted by molar-refractivity contribution is -0.187. The minimum atomic E-state index is -4.37. The zero-order valence-corrected chi connectivity index (χ0v) is 29.5. The summed E-state index contributed by atoms with van der Waals surface area (Å²) >= 11 is 1.18. The second-order valence-corrected chi connectivity index (χ2v) is 16.8. The standard InChI is InChI=1S/C34H46F5N5O5S/c1-20(49-15-21-4-8-33(35,36)9-5-21)26(30(48)42-10-6-22(7-11-42)34(37,38)39)41-27(45)24-14-43(29(47)25-13-40-19-50-25)16-32(24)17-44(18-32)28(46)23-12-31(23,2)3/h13,19-24,26H,4-12,14-18H2,1-3H3,(H,41,45)/t20-,23-,24+,26+/m1/s1. The summed E-state index contributed by atoms with van der Waals surface area (Å²) in [6.45, 7) is 6.27. The van der Waals surface area contributed by atoms with E-state index >= 15 is 0 Å². The van der Waals surface area contributed by atoms with Gasteiger partial charge in [-0.15, -0.1) is 11.3 Å². The topological polar surface area (TPSA) is 112 Å². The van der Waals surface area contributed by atoms with E-state index in [9.17, 15) is 41.1 Å². The van der Waals surface area contributed by atoms with E-state index in [0.29, 0.717) is 4.88 Å². The van der Waals surface area contributed by atoms with Gasteiger partial charge in [-0.1, -0.05) is 13.8 Å². The molecule has 5 aliphatic rings. The van der Waals surface area contributed by atoms with Crippen LogP contribution in [0, 0.1) is 34.5 Å². The zero-order chi connectivity index (χ0) is 36.2. The monoisotopic (exact) mass is 731 g/mol. The first kappa shape index (κ1) is 36.9. The van der Waals surface area contributed by atoms with Crippen molar-refractivity contribution in [2.24, 2.45) is 34.5 Å². The Labute approximate surface area is 292 Å². The predicted octanol–water partition coefficient (Wildman–Crippen LogP) is 4.61. The summed E-state index contributed by atoms with van der Waals surface area (Å²) in [4.78, 5) is 63.9. The normalized spacial score (nSPS) is 27.5. The Hall–Kier alpha value is -2.88. The lowest BCUT2D eigenvalue weighted by atomic mass is 9.70. The van der Waals surface area contributed by atoms with Crippen LogP contribution >= 0.6 is 11.3 Å². The molecule has 278 valence electrons. The van der Waals surface area contributed by atoms with Crippen molar-refractivity contribution in [1.82, 2.24) is 25.0 Å². The van der Waals surface area contributed by atoms with E-state index in [2.05, 4.69) is 10.3 Å². The number of nitrogens with zero attached hydrogens (tertiary/aromatic N) is 4. The van der Waals surface area contributed by atoms with Crippen molar-refractivity contribution in [3.63, 3.8) is 0 Å². The number of nitrogens with one attached hydrogen (secondary N) is 1. The second-order valence-electron chi connectivity index (χ2n) is 15.9. The van der Waals surface area contributed by atoms with Gasteiger partial charge in [-0.05, 0) is 50.4 Å². The fraction of sp³-hybridized carbons (Fsp3) is 0.794. The van der Waals surface area contributed by atoms with Gasteiger partial charge in [0, 0.05) is 70.0 Å². The van der Waals surface area contributed by atoms with Crippen LogP contribution in [0.3, 0.4) is 0 Å².